The molecule has 68 valence electrons. The molecule has 0 heterocycles. The molecule has 1 aromatic rings. The maximum atomic E-state index is 5.55. The smallest absolute Gasteiger partial charge is 0.124 e. The summed E-state index contributed by atoms with van der Waals surface area (Å²) in [5.74, 6) is 1.42. The van der Waals surface area contributed by atoms with Gasteiger partial charge in [-0.05, 0) is 0 Å². The summed E-state index contributed by atoms with van der Waals surface area (Å²) < 4.78 is 9.96. The Labute approximate surface area is 71.9 Å². The van der Waals surface area contributed by atoms with Crippen molar-refractivity contribution in [3.8, 4) is 11.5 Å². The van der Waals surface area contributed by atoms with Crippen LogP contribution in [0.15, 0.2) is 18.2 Å². The van der Waals surface area contributed by atoms with E-state index < -0.39 is 0 Å². The second-order valence-corrected chi connectivity index (χ2v) is 2.15. The summed E-state index contributed by atoms with van der Waals surface area (Å²) in [4.78, 5) is 0. The number of benzene rings is 1. The van der Waals surface area contributed by atoms with Gasteiger partial charge in [0.05, 0.1) is 14.2 Å². The van der Waals surface area contributed by atoms with Crippen molar-refractivity contribution >= 4 is 5.69 Å². The fourth-order valence-electron chi connectivity index (χ4n) is 0.829. The predicted octanol–water partition coefficient (Wildman–Crippen LogP) is 1.45. The van der Waals surface area contributed by atoms with Gasteiger partial charge in [0.15, 0.2) is 0 Å². The van der Waals surface area contributed by atoms with E-state index in [-0.39, 0.29) is 6.15 Å². The summed E-state index contributed by atoms with van der Waals surface area (Å²) in [6, 6.07) is 5.25. The Morgan fingerprint density at radius 3 is 1.75 bits per heavy atom. The van der Waals surface area contributed by atoms with Crippen molar-refractivity contribution in [1.29, 1.82) is 0 Å². The van der Waals surface area contributed by atoms with Crippen molar-refractivity contribution in [1.82, 2.24) is 6.15 Å². The molecule has 0 saturated heterocycles. The van der Waals surface area contributed by atoms with Crippen LogP contribution in [0.3, 0.4) is 0 Å². The Morgan fingerprint density at radius 2 is 1.42 bits per heavy atom. The lowest BCUT2D eigenvalue weighted by Crippen LogP contribution is -1.90. The zero-order chi connectivity index (χ0) is 8.27. The van der Waals surface area contributed by atoms with Crippen LogP contribution in [0.25, 0.3) is 0 Å². The molecule has 4 nitrogen and oxygen atoms in total. The van der Waals surface area contributed by atoms with E-state index >= 15 is 0 Å². The summed E-state index contributed by atoms with van der Waals surface area (Å²) in [6.07, 6.45) is 0. The Kier molecular flexibility index (Phi) is 3.93. The van der Waals surface area contributed by atoms with Gasteiger partial charge in [-0.25, -0.2) is 0 Å². The molecule has 0 aromatic heterocycles. The van der Waals surface area contributed by atoms with Crippen LogP contribution in [0.5, 0.6) is 11.5 Å². The summed E-state index contributed by atoms with van der Waals surface area (Å²) in [7, 11) is 3.18. The molecule has 12 heavy (non-hydrogen) atoms. The number of nitrogen functional groups attached to an aromatic ring is 1. The normalized spacial score (nSPS) is 8.50. The second kappa shape index (κ2) is 4.46. The van der Waals surface area contributed by atoms with Crippen LogP contribution in [0.1, 0.15) is 0 Å². The van der Waals surface area contributed by atoms with E-state index in [1.54, 1.807) is 32.4 Å². The fraction of sp³-hybridized carbons (Fsp3) is 0.250. The third-order valence-electron chi connectivity index (χ3n) is 1.37. The maximum absolute atomic E-state index is 5.55. The van der Waals surface area contributed by atoms with Gasteiger partial charge < -0.3 is 21.4 Å². The van der Waals surface area contributed by atoms with Gasteiger partial charge in [-0.1, -0.05) is 0 Å². The molecule has 0 spiro atoms. The van der Waals surface area contributed by atoms with Gasteiger partial charge in [-0.2, -0.15) is 0 Å². The highest BCUT2D eigenvalue weighted by atomic mass is 16.5. The molecule has 5 N–H and O–H groups in total. The SMILES string of the molecule is COc1cc(N)cc(OC)c1.N. The molecule has 1 aromatic carbocycles. The van der Waals surface area contributed by atoms with Crippen molar-refractivity contribution in [2.24, 2.45) is 0 Å². The number of hydrogen-bond donors (Lipinski definition) is 2. The molecule has 0 fully saturated rings. The number of ether oxygens (including phenoxy) is 2. The minimum absolute atomic E-state index is 0. The van der Waals surface area contributed by atoms with Crippen molar-refractivity contribution in [3.05, 3.63) is 18.2 Å². The molecule has 0 bridgehead atoms. The van der Waals surface area contributed by atoms with Crippen LogP contribution in [0.2, 0.25) is 0 Å². The largest absolute Gasteiger partial charge is 0.497 e. The molecule has 0 unspecified atom stereocenters. The zero-order valence-corrected chi connectivity index (χ0v) is 7.33. The fourth-order valence-corrected chi connectivity index (χ4v) is 0.829. The number of nitrogens with two attached hydrogens (primary N) is 1. The summed E-state index contributed by atoms with van der Waals surface area (Å²) in [6.45, 7) is 0. The molecule has 0 amide bonds. The first-order chi connectivity index (χ1) is 5.26. The number of hydrogen-bond acceptors (Lipinski definition) is 4. The Balaban J connectivity index is 0.00000121. The van der Waals surface area contributed by atoms with Gasteiger partial charge in [0.1, 0.15) is 11.5 Å². The first-order valence-corrected chi connectivity index (χ1v) is 3.25. The average molecular weight is 170 g/mol. The van der Waals surface area contributed by atoms with Gasteiger partial charge in [-0.15, -0.1) is 0 Å². The summed E-state index contributed by atoms with van der Waals surface area (Å²) in [5.41, 5.74) is 6.19. The van der Waals surface area contributed by atoms with Crippen molar-refractivity contribution in [2.75, 3.05) is 20.0 Å². The molecular formula is C8H14N2O2. The standard InChI is InChI=1S/C8H11NO2.H3N/c1-10-7-3-6(9)4-8(5-7)11-2;/h3-5H,9H2,1-2H3;1H3. The number of rotatable bonds is 2. The first kappa shape index (κ1) is 10.6. The van der Waals surface area contributed by atoms with Crippen LogP contribution in [-0.2, 0) is 0 Å². The van der Waals surface area contributed by atoms with Crippen molar-refractivity contribution in [2.45, 2.75) is 0 Å². The Hall–Kier alpha value is -1.42. The zero-order valence-electron chi connectivity index (χ0n) is 7.33. The highest BCUT2D eigenvalue weighted by Gasteiger charge is 1.97. The minimum Gasteiger partial charge on any atom is -0.497 e. The Bertz CT molecular complexity index is 229. The van der Waals surface area contributed by atoms with Gasteiger partial charge >= 0.3 is 0 Å². The van der Waals surface area contributed by atoms with E-state index in [1.165, 1.54) is 0 Å². The van der Waals surface area contributed by atoms with Crippen LogP contribution in [0, 0.1) is 0 Å². The van der Waals surface area contributed by atoms with Gasteiger partial charge in [0.25, 0.3) is 0 Å². The highest BCUT2D eigenvalue weighted by Crippen LogP contribution is 2.23. The topological polar surface area (TPSA) is 79.5 Å². The molecule has 0 aliphatic carbocycles. The maximum Gasteiger partial charge on any atom is 0.124 e. The number of methoxy groups -OCH3 is 2. The lowest BCUT2D eigenvalue weighted by Gasteiger charge is -2.04. The molecule has 0 aliphatic rings. The Morgan fingerprint density at radius 1 is 1.00 bits per heavy atom. The van der Waals surface area contributed by atoms with E-state index in [4.69, 9.17) is 15.2 Å². The molecule has 0 radical (unpaired) electrons. The van der Waals surface area contributed by atoms with Gasteiger partial charge in [0, 0.05) is 23.9 Å². The molecule has 1 rings (SSSR count). The predicted molar refractivity (Wildman–Crippen MR) is 49.0 cm³/mol. The van der Waals surface area contributed by atoms with Crippen molar-refractivity contribution in [3.63, 3.8) is 0 Å². The molecule has 0 saturated carbocycles. The third-order valence-corrected chi connectivity index (χ3v) is 1.37. The van der Waals surface area contributed by atoms with Crippen LogP contribution < -0.4 is 21.4 Å². The average Bonchev–Trinajstić information content (AvgIpc) is 2.03. The molecule has 0 aliphatic heterocycles. The highest BCUT2D eigenvalue weighted by molar-refractivity contribution is 5.50. The molecular weight excluding hydrogens is 156 g/mol. The van der Waals surface area contributed by atoms with Crippen LogP contribution >= 0.6 is 0 Å². The van der Waals surface area contributed by atoms with Gasteiger partial charge in [-0.3, -0.25) is 0 Å². The van der Waals surface area contributed by atoms with Crippen molar-refractivity contribution < 1.29 is 9.47 Å². The number of anilines is 1. The summed E-state index contributed by atoms with van der Waals surface area (Å²) in [5, 5.41) is 0. The first-order valence-electron chi connectivity index (χ1n) is 3.25. The van der Waals surface area contributed by atoms with E-state index in [9.17, 15) is 0 Å². The lowest BCUT2D eigenvalue weighted by atomic mass is 10.3. The lowest BCUT2D eigenvalue weighted by molar-refractivity contribution is 0.395. The van der Waals surface area contributed by atoms with Crippen LogP contribution in [0.4, 0.5) is 5.69 Å². The van der Waals surface area contributed by atoms with E-state index in [0.29, 0.717) is 17.2 Å². The van der Waals surface area contributed by atoms with E-state index in [0.717, 1.165) is 0 Å². The van der Waals surface area contributed by atoms with E-state index in [2.05, 4.69) is 0 Å². The van der Waals surface area contributed by atoms with Gasteiger partial charge in [0.2, 0.25) is 0 Å². The van der Waals surface area contributed by atoms with E-state index in [1.807, 2.05) is 0 Å². The minimum atomic E-state index is 0. The molecule has 0 atom stereocenters. The third kappa shape index (κ3) is 2.32. The monoisotopic (exact) mass is 170 g/mol. The molecule has 4 heteroatoms. The van der Waals surface area contributed by atoms with Crippen LogP contribution in [-0.4, -0.2) is 14.2 Å². The summed E-state index contributed by atoms with van der Waals surface area (Å²) >= 11 is 0. The quantitative estimate of drug-likeness (QED) is 0.658. The second-order valence-electron chi connectivity index (χ2n) is 2.15.